The van der Waals surface area contributed by atoms with Crippen molar-refractivity contribution in [3.05, 3.63) is 58.9 Å². The highest BCUT2D eigenvalue weighted by molar-refractivity contribution is 7.89. The van der Waals surface area contributed by atoms with Crippen LogP contribution in [0.2, 0.25) is 5.02 Å². The van der Waals surface area contributed by atoms with Crippen LogP contribution in [0.15, 0.2) is 47.4 Å². The molecule has 0 aliphatic carbocycles. The van der Waals surface area contributed by atoms with E-state index in [1.54, 1.807) is 18.2 Å². The summed E-state index contributed by atoms with van der Waals surface area (Å²) in [6.07, 6.45) is 0.352. The molecule has 0 atom stereocenters. The fourth-order valence-corrected chi connectivity index (χ4v) is 3.48. The number of methoxy groups -OCH3 is 1. The van der Waals surface area contributed by atoms with Crippen LogP contribution in [0.5, 0.6) is 5.75 Å². The molecule has 22 heavy (non-hydrogen) atoms. The van der Waals surface area contributed by atoms with E-state index < -0.39 is 15.8 Å². The SMILES string of the molecule is COc1ccc(CCNS(=O)(=O)c2ccccc2Cl)cc1F. The van der Waals surface area contributed by atoms with Crippen LogP contribution in [-0.2, 0) is 16.4 Å². The second-order valence-corrected chi connectivity index (χ2v) is 6.69. The average molecular weight is 344 g/mol. The molecule has 0 heterocycles. The summed E-state index contributed by atoms with van der Waals surface area (Å²) in [5.41, 5.74) is 0.667. The van der Waals surface area contributed by atoms with E-state index in [1.807, 2.05) is 0 Å². The van der Waals surface area contributed by atoms with E-state index in [2.05, 4.69) is 4.72 Å². The highest BCUT2D eigenvalue weighted by Gasteiger charge is 2.16. The minimum atomic E-state index is -3.68. The molecule has 0 aliphatic heterocycles. The van der Waals surface area contributed by atoms with Crippen LogP contribution in [0.25, 0.3) is 0 Å². The second kappa shape index (κ2) is 7.09. The first-order chi connectivity index (χ1) is 10.4. The van der Waals surface area contributed by atoms with E-state index in [4.69, 9.17) is 16.3 Å². The lowest BCUT2D eigenvalue weighted by molar-refractivity contribution is 0.386. The van der Waals surface area contributed by atoms with Crippen molar-refractivity contribution in [1.82, 2.24) is 4.72 Å². The summed E-state index contributed by atoms with van der Waals surface area (Å²) in [7, 11) is -2.30. The van der Waals surface area contributed by atoms with Gasteiger partial charge in [-0.05, 0) is 36.2 Å². The number of nitrogens with one attached hydrogen (secondary N) is 1. The molecule has 2 rings (SSSR count). The number of hydrogen-bond donors (Lipinski definition) is 1. The molecule has 118 valence electrons. The van der Waals surface area contributed by atoms with Gasteiger partial charge in [0.05, 0.1) is 12.1 Å². The van der Waals surface area contributed by atoms with Gasteiger partial charge in [0, 0.05) is 6.54 Å². The van der Waals surface area contributed by atoms with Gasteiger partial charge in [-0.3, -0.25) is 0 Å². The monoisotopic (exact) mass is 343 g/mol. The molecular weight excluding hydrogens is 329 g/mol. The van der Waals surface area contributed by atoms with Crippen LogP contribution in [0.4, 0.5) is 4.39 Å². The summed E-state index contributed by atoms with van der Waals surface area (Å²) in [6, 6.07) is 10.7. The maximum absolute atomic E-state index is 13.5. The smallest absolute Gasteiger partial charge is 0.242 e. The molecule has 2 aromatic carbocycles. The van der Waals surface area contributed by atoms with Gasteiger partial charge in [0.25, 0.3) is 0 Å². The zero-order valence-electron chi connectivity index (χ0n) is 11.8. The van der Waals surface area contributed by atoms with Crippen molar-refractivity contribution in [2.45, 2.75) is 11.3 Å². The largest absolute Gasteiger partial charge is 0.494 e. The van der Waals surface area contributed by atoms with Crippen molar-refractivity contribution in [1.29, 1.82) is 0 Å². The fraction of sp³-hybridized carbons (Fsp3) is 0.200. The summed E-state index contributed by atoms with van der Waals surface area (Å²) in [5.74, 6) is -0.325. The van der Waals surface area contributed by atoms with Gasteiger partial charge >= 0.3 is 0 Å². The topological polar surface area (TPSA) is 55.4 Å². The van der Waals surface area contributed by atoms with E-state index in [9.17, 15) is 12.8 Å². The third-order valence-corrected chi connectivity index (χ3v) is 5.01. The van der Waals surface area contributed by atoms with E-state index >= 15 is 0 Å². The van der Waals surface area contributed by atoms with Gasteiger partial charge in [-0.2, -0.15) is 0 Å². The lowest BCUT2D eigenvalue weighted by atomic mass is 10.1. The van der Waals surface area contributed by atoms with E-state index in [0.717, 1.165) is 0 Å². The molecule has 0 aliphatic rings. The van der Waals surface area contributed by atoms with Crippen molar-refractivity contribution in [3.8, 4) is 5.75 Å². The zero-order valence-corrected chi connectivity index (χ0v) is 13.4. The van der Waals surface area contributed by atoms with Gasteiger partial charge in [0.1, 0.15) is 4.90 Å². The number of hydrogen-bond acceptors (Lipinski definition) is 3. The van der Waals surface area contributed by atoms with Gasteiger partial charge in [-0.15, -0.1) is 0 Å². The van der Waals surface area contributed by atoms with Crippen molar-refractivity contribution >= 4 is 21.6 Å². The molecular formula is C15H15ClFNO3S. The average Bonchev–Trinajstić information content (AvgIpc) is 2.47. The number of rotatable bonds is 6. The Bertz CT molecular complexity index is 765. The van der Waals surface area contributed by atoms with Crippen LogP contribution in [0.3, 0.4) is 0 Å². The Morgan fingerprint density at radius 3 is 2.59 bits per heavy atom. The number of benzene rings is 2. The molecule has 0 bridgehead atoms. The predicted octanol–water partition coefficient (Wildman–Crippen LogP) is 3.01. The van der Waals surface area contributed by atoms with Gasteiger partial charge in [-0.25, -0.2) is 17.5 Å². The molecule has 0 fully saturated rings. The van der Waals surface area contributed by atoms with E-state index in [0.29, 0.717) is 12.0 Å². The molecule has 2 aromatic rings. The Morgan fingerprint density at radius 2 is 1.95 bits per heavy atom. The summed E-state index contributed by atoms with van der Waals surface area (Å²) in [4.78, 5) is 0.0255. The first-order valence-electron chi connectivity index (χ1n) is 6.50. The van der Waals surface area contributed by atoms with Gasteiger partial charge < -0.3 is 4.74 Å². The highest BCUT2D eigenvalue weighted by atomic mass is 35.5. The number of halogens is 2. The standard InChI is InChI=1S/C15H15ClFNO3S/c1-21-14-7-6-11(10-13(14)17)8-9-18-22(19,20)15-5-3-2-4-12(15)16/h2-7,10,18H,8-9H2,1H3. The van der Waals surface area contributed by atoms with Crippen molar-refractivity contribution in [3.63, 3.8) is 0 Å². The molecule has 0 aromatic heterocycles. The van der Waals surface area contributed by atoms with Crippen molar-refractivity contribution in [2.24, 2.45) is 0 Å². The lowest BCUT2D eigenvalue weighted by Gasteiger charge is -2.09. The summed E-state index contributed by atoms with van der Waals surface area (Å²) in [5, 5.41) is 0.158. The third kappa shape index (κ3) is 3.97. The first-order valence-corrected chi connectivity index (χ1v) is 8.37. The Hall–Kier alpha value is -1.63. The van der Waals surface area contributed by atoms with E-state index in [1.165, 1.54) is 31.4 Å². The maximum atomic E-state index is 13.5. The minimum absolute atomic E-state index is 0.0255. The van der Waals surface area contributed by atoms with Crippen LogP contribution >= 0.6 is 11.6 Å². The molecule has 0 saturated carbocycles. The van der Waals surface area contributed by atoms with E-state index in [-0.39, 0.29) is 22.2 Å². The summed E-state index contributed by atoms with van der Waals surface area (Å²) in [6.45, 7) is 0.138. The number of sulfonamides is 1. The molecule has 0 radical (unpaired) electrons. The quantitative estimate of drug-likeness (QED) is 0.877. The zero-order chi connectivity index (χ0) is 16.2. The second-order valence-electron chi connectivity index (χ2n) is 4.55. The molecule has 0 saturated heterocycles. The van der Waals surface area contributed by atoms with Crippen molar-refractivity contribution < 1.29 is 17.5 Å². The number of ether oxygens (including phenoxy) is 1. The molecule has 0 unspecified atom stereocenters. The van der Waals surface area contributed by atoms with Gasteiger partial charge in [-0.1, -0.05) is 29.8 Å². The summed E-state index contributed by atoms with van der Waals surface area (Å²) >= 11 is 5.88. The van der Waals surface area contributed by atoms with Gasteiger partial charge in [0.15, 0.2) is 11.6 Å². The highest BCUT2D eigenvalue weighted by Crippen LogP contribution is 2.20. The first kappa shape index (κ1) is 16.7. The van der Waals surface area contributed by atoms with Crippen LogP contribution in [-0.4, -0.2) is 22.1 Å². The molecule has 0 amide bonds. The van der Waals surface area contributed by atoms with Gasteiger partial charge in [0.2, 0.25) is 10.0 Å². The maximum Gasteiger partial charge on any atom is 0.242 e. The molecule has 7 heteroatoms. The van der Waals surface area contributed by atoms with Crippen LogP contribution < -0.4 is 9.46 Å². The van der Waals surface area contributed by atoms with Crippen LogP contribution in [0, 0.1) is 5.82 Å². The molecule has 0 spiro atoms. The van der Waals surface area contributed by atoms with Crippen LogP contribution in [0.1, 0.15) is 5.56 Å². The minimum Gasteiger partial charge on any atom is -0.494 e. The van der Waals surface area contributed by atoms with Crippen molar-refractivity contribution in [2.75, 3.05) is 13.7 Å². The fourth-order valence-electron chi connectivity index (χ4n) is 1.94. The lowest BCUT2D eigenvalue weighted by Crippen LogP contribution is -2.26. The summed E-state index contributed by atoms with van der Waals surface area (Å²) < 4.78 is 45.1. The molecule has 1 N–H and O–H groups in total. The predicted molar refractivity (Wildman–Crippen MR) is 83.3 cm³/mol. The molecule has 4 nitrogen and oxygen atoms in total. The Kier molecular flexibility index (Phi) is 5.39. The third-order valence-electron chi connectivity index (χ3n) is 3.05. The Labute approximate surface area is 133 Å². The Balaban J connectivity index is 2.02. The Morgan fingerprint density at radius 1 is 1.23 bits per heavy atom. The normalized spacial score (nSPS) is 11.4.